The molecule has 0 spiro atoms. The molecule has 0 unspecified atom stereocenters. The molecular formula is C13H18INO3. The molecule has 1 rings (SSSR count). The summed E-state index contributed by atoms with van der Waals surface area (Å²) in [6.45, 7) is 1.07. The third kappa shape index (κ3) is 5.59. The highest BCUT2D eigenvalue weighted by molar-refractivity contribution is 5.98. The molecule has 0 saturated carbocycles. The van der Waals surface area contributed by atoms with Crippen molar-refractivity contribution in [2.75, 3.05) is 34.3 Å². The molecule has 0 aliphatic carbocycles. The molecule has 0 aromatic heterocycles. The van der Waals surface area contributed by atoms with Gasteiger partial charge in [-0.15, -0.1) is 0 Å². The number of hydrogen-bond acceptors (Lipinski definition) is 3. The molecule has 0 aliphatic heterocycles. The van der Waals surface area contributed by atoms with Crippen molar-refractivity contribution in [1.82, 2.24) is 0 Å². The topological polar surface area (TPSA) is 43.4 Å². The second-order valence-electron chi connectivity index (χ2n) is 4.85. The van der Waals surface area contributed by atoms with E-state index in [-0.39, 0.29) is 24.0 Å². The van der Waals surface area contributed by atoms with Crippen LogP contribution in [-0.2, 0) is 4.74 Å². The van der Waals surface area contributed by atoms with Gasteiger partial charge in [0, 0.05) is 5.56 Å². The van der Waals surface area contributed by atoms with Crippen LogP contribution in [0.25, 0.3) is 0 Å². The molecule has 0 bridgehead atoms. The van der Waals surface area contributed by atoms with E-state index in [0.29, 0.717) is 24.0 Å². The van der Waals surface area contributed by atoms with E-state index >= 15 is 0 Å². The second kappa shape index (κ2) is 7.48. The molecule has 0 heterocycles. The minimum atomic E-state index is -0.443. The monoisotopic (exact) mass is 363 g/mol. The summed E-state index contributed by atoms with van der Waals surface area (Å²) >= 11 is 0. The fourth-order valence-corrected chi connectivity index (χ4v) is 1.28. The second-order valence-corrected chi connectivity index (χ2v) is 4.85. The maximum atomic E-state index is 11.7. The molecule has 0 radical (unpaired) electrons. The average molecular weight is 363 g/mol. The lowest BCUT2D eigenvalue weighted by molar-refractivity contribution is -0.870. The molecule has 0 fully saturated rings. The van der Waals surface area contributed by atoms with Crippen molar-refractivity contribution in [3.8, 4) is 0 Å². The summed E-state index contributed by atoms with van der Waals surface area (Å²) in [5.74, 6) is -0.443. The van der Waals surface area contributed by atoms with Gasteiger partial charge >= 0.3 is 5.97 Å². The van der Waals surface area contributed by atoms with E-state index in [0.717, 1.165) is 11.0 Å². The summed E-state index contributed by atoms with van der Waals surface area (Å²) in [7, 11) is 6.06. The minimum Gasteiger partial charge on any atom is -1.00 e. The molecule has 0 saturated heterocycles. The van der Waals surface area contributed by atoms with E-state index in [1.165, 1.54) is 0 Å². The predicted octanol–water partition coefficient (Wildman–Crippen LogP) is -1.63. The Kier molecular flexibility index (Phi) is 7.08. The lowest BCUT2D eigenvalue weighted by atomic mass is 10.1. The van der Waals surface area contributed by atoms with Gasteiger partial charge < -0.3 is 33.2 Å². The average Bonchev–Trinajstić information content (AvgIpc) is 2.27. The van der Waals surface area contributed by atoms with Crippen molar-refractivity contribution < 1.29 is 42.8 Å². The number of carbonyl (C=O) groups is 2. The van der Waals surface area contributed by atoms with Gasteiger partial charge in [-0.25, -0.2) is 4.79 Å². The quantitative estimate of drug-likeness (QED) is 0.273. The van der Waals surface area contributed by atoms with Crippen molar-refractivity contribution >= 4 is 12.3 Å². The van der Waals surface area contributed by atoms with Crippen LogP contribution in [0.4, 0.5) is 0 Å². The summed E-state index contributed by atoms with van der Waals surface area (Å²) in [6, 6.07) is 6.62. The molecule has 0 amide bonds. The van der Waals surface area contributed by atoms with E-state index in [9.17, 15) is 9.59 Å². The van der Waals surface area contributed by atoms with Crippen LogP contribution in [0.1, 0.15) is 20.7 Å². The first-order valence-electron chi connectivity index (χ1n) is 5.46. The van der Waals surface area contributed by atoms with Crippen molar-refractivity contribution in [1.29, 1.82) is 0 Å². The number of nitrogens with zero attached hydrogens (tertiary/aromatic N) is 1. The van der Waals surface area contributed by atoms with Crippen molar-refractivity contribution in [2.45, 2.75) is 0 Å². The number of esters is 1. The number of ether oxygens (including phenoxy) is 1. The van der Waals surface area contributed by atoms with Gasteiger partial charge in [0.1, 0.15) is 13.2 Å². The highest BCUT2D eigenvalue weighted by Crippen LogP contribution is 2.08. The lowest BCUT2D eigenvalue weighted by Gasteiger charge is -2.23. The highest BCUT2D eigenvalue weighted by Gasteiger charge is 2.13. The standard InChI is InChI=1S/C13H18NO3.HI/c1-14(2,3)8-9-17-13(16)12-7-5-4-6-11(12)10-15;/h4-7,10H,8-9H2,1-3H3;1H/q+1;/p-1. The van der Waals surface area contributed by atoms with Crippen molar-refractivity contribution in [3.63, 3.8) is 0 Å². The fourth-order valence-electron chi connectivity index (χ4n) is 1.28. The highest BCUT2D eigenvalue weighted by atomic mass is 127. The van der Waals surface area contributed by atoms with Crippen LogP contribution in [0.2, 0.25) is 0 Å². The maximum Gasteiger partial charge on any atom is 0.339 e. The Labute approximate surface area is 125 Å². The van der Waals surface area contributed by atoms with E-state index < -0.39 is 5.97 Å². The Morgan fingerprint density at radius 3 is 2.44 bits per heavy atom. The van der Waals surface area contributed by atoms with Gasteiger partial charge in [-0.1, -0.05) is 18.2 Å². The summed E-state index contributed by atoms with van der Waals surface area (Å²) < 4.78 is 5.86. The van der Waals surface area contributed by atoms with Crippen LogP contribution in [0, 0.1) is 0 Å². The third-order valence-electron chi connectivity index (χ3n) is 2.30. The number of halogens is 1. The SMILES string of the molecule is C[N+](C)(C)CCOC(=O)c1ccccc1C=O.[I-]. The molecule has 0 aliphatic rings. The molecule has 4 nitrogen and oxygen atoms in total. The largest absolute Gasteiger partial charge is 1.00 e. The maximum absolute atomic E-state index is 11.7. The van der Waals surface area contributed by atoms with Crippen LogP contribution < -0.4 is 24.0 Å². The van der Waals surface area contributed by atoms with Gasteiger partial charge in [0.2, 0.25) is 0 Å². The first-order chi connectivity index (χ1) is 7.94. The zero-order chi connectivity index (χ0) is 12.9. The number of benzene rings is 1. The Balaban J connectivity index is 0.00000289. The molecule has 0 atom stereocenters. The zero-order valence-corrected chi connectivity index (χ0v) is 13.0. The summed E-state index contributed by atoms with van der Waals surface area (Å²) in [6.07, 6.45) is 0.663. The summed E-state index contributed by atoms with van der Waals surface area (Å²) in [5, 5.41) is 0. The van der Waals surface area contributed by atoms with Gasteiger partial charge in [-0.05, 0) is 6.07 Å². The van der Waals surface area contributed by atoms with Gasteiger partial charge in [0.05, 0.1) is 26.7 Å². The number of hydrogen-bond donors (Lipinski definition) is 0. The van der Waals surface area contributed by atoms with E-state index in [2.05, 4.69) is 0 Å². The molecular weight excluding hydrogens is 345 g/mol. The van der Waals surface area contributed by atoms with Crippen LogP contribution in [0.5, 0.6) is 0 Å². The molecule has 100 valence electrons. The smallest absolute Gasteiger partial charge is 0.339 e. The van der Waals surface area contributed by atoms with Crippen LogP contribution in [-0.4, -0.2) is 51.0 Å². The summed E-state index contributed by atoms with van der Waals surface area (Å²) in [5.41, 5.74) is 0.687. The normalized spacial score (nSPS) is 10.4. The number of quaternary nitrogens is 1. The Morgan fingerprint density at radius 2 is 1.89 bits per heavy atom. The first kappa shape index (κ1) is 17.1. The summed E-state index contributed by atoms with van der Waals surface area (Å²) in [4.78, 5) is 22.5. The minimum absolute atomic E-state index is 0. The number of likely N-dealkylation sites (N-methyl/N-ethyl adjacent to an activating group) is 1. The molecule has 1 aromatic carbocycles. The molecule has 18 heavy (non-hydrogen) atoms. The van der Waals surface area contributed by atoms with Crippen molar-refractivity contribution in [3.05, 3.63) is 35.4 Å². The van der Waals surface area contributed by atoms with Gasteiger partial charge in [-0.2, -0.15) is 0 Å². The van der Waals surface area contributed by atoms with Crippen LogP contribution >= 0.6 is 0 Å². The Bertz CT molecular complexity index is 413. The fraction of sp³-hybridized carbons (Fsp3) is 0.385. The van der Waals surface area contributed by atoms with E-state index in [4.69, 9.17) is 4.74 Å². The predicted molar refractivity (Wildman–Crippen MR) is 65.0 cm³/mol. The van der Waals surface area contributed by atoms with Crippen LogP contribution in [0.15, 0.2) is 24.3 Å². The van der Waals surface area contributed by atoms with E-state index in [1.807, 2.05) is 21.1 Å². The third-order valence-corrected chi connectivity index (χ3v) is 2.30. The van der Waals surface area contributed by atoms with Gasteiger partial charge in [0.15, 0.2) is 6.29 Å². The van der Waals surface area contributed by atoms with Crippen LogP contribution in [0.3, 0.4) is 0 Å². The lowest BCUT2D eigenvalue weighted by Crippen LogP contribution is -3.00. The zero-order valence-electron chi connectivity index (χ0n) is 10.9. The first-order valence-corrected chi connectivity index (χ1v) is 5.46. The van der Waals surface area contributed by atoms with Crippen molar-refractivity contribution in [2.24, 2.45) is 0 Å². The Hall–Kier alpha value is -0.950. The molecule has 1 aromatic rings. The number of rotatable bonds is 5. The Morgan fingerprint density at radius 1 is 1.28 bits per heavy atom. The molecule has 5 heteroatoms. The van der Waals surface area contributed by atoms with E-state index in [1.54, 1.807) is 24.3 Å². The molecule has 0 N–H and O–H groups in total. The van der Waals surface area contributed by atoms with Gasteiger partial charge in [-0.3, -0.25) is 4.79 Å². The number of aldehydes is 1. The van der Waals surface area contributed by atoms with Gasteiger partial charge in [0.25, 0.3) is 0 Å². The number of carbonyl (C=O) groups excluding carboxylic acids is 2.